The van der Waals surface area contributed by atoms with Crippen LogP contribution in [0, 0.1) is 17.2 Å². The molecule has 2 aromatic rings. The summed E-state index contributed by atoms with van der Waals surface area (Å²) in [5.41, 5.74) is -0.0149. The number of nitrogens with zero attached hydrogens (tertiary/aromatic N) is 1. The maximum absolute atomic E-state index is 13.5. The van der Waals surface area contributed by atoms with E-state index in [9.17, 15) is 10.1 Å². The van der Waals surface area contributed by atoms with Gasteiger partial charge in [0.1, 0.15) is 17.1 Å². The minimum absolute atomic E-state index is 0.175. The molecular weight excluding hydrogens is 455 g/mol. The van der Waals surface area contributed by atoms with E-state index in [1.165, 1.54) is 0 Å². The number of halogens is 2. The van der Waals surface area contributed by atoms with E-state index in [1.807, 2.05) is 51.1 Å². The Labute approximate surface area is 207 Å². The molecule has 1 aliphatic rings. The van der Waals surface area contributed by atoms with Crippen molar-refractivity contribution in [3.63, 3.8) is 0 Å². The van der Waals surface area contributed by atoms with Crippen molar-refractivity contribution in [3.05, 3.63) is 69.7 Å². The van der Waals surface area contributed by atoms with Crippen LogP contribution in [-0.4, -0.2) is 23.7 Å². The molecule has 0 spiro atoms. The van der Waals surface area contributed by atoms with E-state index < -0.39 is 23.0 Å². The van der Waals surface area contributed by atoms with Gasteiger partial charge in [-0.2, -0.15) is 5.26 Å². The molecule has 0 amide bonds. The van der Waals surface area contributed by atoms with Crippen LogP contribution in [0.5, 0.6) is 0 Å². The van der Waals surface area contributed by atoms with E-state index in [4.69, 9.17) is 27.9 Å². The van der Waals surface area contributed by atoms with Gasteiger partial charge in [-0.3, -0.25) is 10.1 Å². The van der Waals surface area contributed by atoms with Crippen LogP contribution in [0.25, 0.3) is 0 Å². The van der Waals surface area contributed by atoms with E-state index in [2.05, 4.69) is 25.2 Å². The van der Waals surface area contributed by atoms with Crippen LogP contribution in [0.2, 0.25) is 10.0 Å². The van der Waals surface area contributed by atoms with Crippen molar-refractivity contribution in [2.24, 2.45) is 5.92 Å². The van der Waals surface area contributed by atoms with Crippen LogP contribution in [0.15, 0.2) is 48.5 Å². The number of carbonyl (C=O) groups excluding carboxylic acids is 1. The van der Waals surface area contributed by atoms with Gasteiger partial charge in [-0.05, 0) is 62.1 Å². The molecule has 3 rings (SSSR count). The molecule has 1 saturated heterocycles. The largest absolute Gasteiger partial charge is 0.459 e. The zero-order valence-corrected chi connectivity index (χ0v) is 21.4. The zero-order valence-electron chi connectivity index (χ0n) is 19.9. The normalized spacial score (nSPS) is 25.1. The van der Waals surface area contributed by atoms with Crippen molar-refractivity contribution < 1.29 is 9.53 Å². The summed E-state index contributed by atoms with van der Waals surface area (Å²) in [6.45, 7) is 9.79. The van der Waals surface area contributed by atoms with Gasteiger partial charge in [0, 0.05) is 22.0 Å². The van der Waals surface area contributed by atoms with Crippen LogP contribution in [0.3, 0.4) is 0 Å². The highest BCUT2D eigenvalue weighted by Crippen LogP contribution is 2.52. The third-order valence-electron chi connectivity index (χ3n) is 6.57. The van der Waals surface area contributed by atoms with Gasteiger partial charge in [0.05, 0.1) is 6.07 Å². The van der Waals surface area contributed by atoms with E-state index >= 15 is 0 Å². The molecule has 1 N–H and O–H groups in total. The second-order valence-corrected chi connectivity index (χ2v) is 10.6. The summed E-state index contributed by atoms with van der Waals surface area (Å²) in [6.07, 6.45) is 1.74. The van der Waals surface area contributed by atoms with Crippen LogP contribution in [0.1, 0.15) is 64.5 Å². The highest BCUT2D eigenvalue weighted by molar-refractivity contribution is 6.30. The van der Waals surface area contributed by atoms with Gasteiger partial charge in [-0.15, -0.1) is 0 Å². The summed E-state index contributed by atoms with van der Waals surface area (Å²) >= 11 is 12.6. The van der Waals surface area contributed by atoms with E-state index in [0.29, 0.717) is 10.0 Å². The Morgan fingerprint density at radius 1 is 1.12 bits per heavy atom. The SMILES string of the molecule is CCC(CC)[C@H]1NC(C(=O)OC(C)(C)C)[C@H](c2cccc(Cl)c2)[C@@]1(C#N)c1ccc(Cl)cc1. The molecule has 0 aliphatic carbocycles. The maximum atomic E-state index is 13.5. The molecule has 0 saturated carbocycles. The maximum Gasteiger partial charge on any atom is 0.324 e. The van der Waals surface area contributed by atoms with Gasteiger partial charge in [0.15, 0.2) is 0 Å². The Kier molecular flexibility index (Phi) is 7.79. The lowest BCUT2D eigenvalue weighted by Crippen LogP contribution is -2.47. The minimum atomic E-state index is -1.02. The van der Waals surface area contributed by atoms with Crippen molar-refractivity contribution in [3.8, 4) is 6.07 Å². The topological polar surface area (TPSA) is 62.1 Å². The lowest BCUT2D eigenvalue weighted by molar-refractivity contribution is -0.157. The third kappa shape index (κ3) is 5.06. The standard InChI is InChI=1S/C27H32Cl2N2O2/c1-6-17(7-2)24-27(16-30,19-11-13-20(28)14-12-19)22(18-9-8-10-21(29)15-18)23(31-24)25(32)33-26(3,4)5/h8-15,17,22-24,31H,6-7H2,1-5H3/t22-,23?,24+,27+/m0/s1. The number of nitriles is 1. The van der Waals surface area contributed by atoms with Crippen molar-refractivity contribution in [2.45, 2.75) is 76.5 Å². The summed E-state index contributed by atoms with van der Waals surface area (Å²) in [6, 6.07) is 16.5. The quantitative estimate of drug-likeness (QED) is 0.463. The number of ether oxygens (including phenoxy) is 1. The first-order valence-electron chi connectivity index (χ1n) is 11.5. The molecule has 4 nitrogen and oxygen atoms in total. The molecule has 1 heterocycles. The summed E-state index contributed by atoms with van der Waals surface area (Å²) in [5.74, 6) is -0.688. The smallest absolute Gasteiger partial charge is 0.324 e. The van der Waals surface area contributed by atoms with E-state index in [0.717, 1.165) is 24.0 Å². The van der Waals surface area contributed by atoms with Crippen LogP contribution >= 0.6 is 23.2 Å². The van der Waals surface area contributed by atoms with Crippen LogP contribution in [0.4, 0.5) is 0 Å². The van der Waals surface area contributed by atoms with Gasteiger partial charge in [-0.25, -0.2) is 0 Å². The zero-order chi connectivity index (χ0) is 24.4. The number of carbonyl (C=O) groups is 1. The van der Waals surface area contributed by atoms with Gasteiger partial charge in [0.25, 0.3) is 0 Å². The molecule has 0 bridgehead atoms. The first-order valence-corrected chi connectivity index (χ1v) is 12.2. The molecule has 4 atom stereocenters. The number of benzene rings is 2. The number of rotatable bonds is 6. The molecule has 1 unspecified atom stereocenters. The van der Waals surface area contributed by atoms with Crippen molar-refractivity contribution in [1.29, 1.82) is 5.26 Å². The predicted molar refractivity (Wildman–Crippen MR) is 134 cm³/mol. The fourth-order valence-electron chi connectivity index (χ4n) is 5.16. The molecule has 0 radical (unpaired) electrons. The van der Waals surface area contributed by atoms with E-state index in [-0.39, 0.29) is 17.9 Å². The summed E-state index contributed by atoms with van der Waals surface area (Å²) in [4.78, 5) is 13.5. The third-order valence-corrected chi connectivity index (χ3v) is 7.06. The van der Waals surface area contributed by atoms with E-state index in [1.54, 1.807) is 18.2 Å². The monoisotopic (exact) mass is 486 g/mol. The summed E-state index contributed by atoms with van der Waals surface area (Å²) < 4.78 is 5.83. The first kappa shape index (κ1) is 25.6. The van der Waals surface area contributed by atoms with Crippen molar-refractivity contribution >= 4 is 29.2 Å². The Morgan fingerprint density at radius 3 is 2.27 bits per heavy atom. The molecule has 2 aromatic carbocycles. The number of hydrogen-bond donors (Lipinski definition) is 1. The Morgan fingerprint density at radius 2 is 1.76 bits per heavy atom. The van der Waals surface area contributed by atoms with Gasteiger partial charge in [-0.1, -0.05) is 74.2 Å². The number of esters is 1. The van der Waals surface area contributed by atoms with Gasteiger partial charge >= 0.3 is 5.97 Å². The van der Waals surface area contributed by atoms with Crippen molar-refractivity contribution in [2.75, 3.05) is 0 Å². The lowest BCUT2D eigenvalue weighted by Gasteiger charge is -2.38. The Bertz CT molecular complexity index is 1020. The lowest BCUT2D eigenvalue weighted by atomic mass is 9.62. The first-order chi connectivity index (χ1) is 15.6. The molecular formula is C27H32Cl2N2O2. The van der Waals surface area contributed by atoms with Crippen molar-refractivity contribution in [1.82, 2.24) is 5.32 Å². The fraction of sp³-hybridized carbons (Fsp3) is 0.481. The average Bonchev–Trinajstić information content (AvgIpc) is 3.10. The molecule has 0 aromatic heterocycles. The predicted octanol–water partition coefficient (Wildman–Crippen LogP) is 6.66. The molecule has 1 fully saturated rings. The van der Waals surface area contributed by atoms with Crippen LogP contribution in [-0.2, 0) is 14.9 Å². The minimum Gasteiger partial charge on any atom is -0.459 e. The van der Waals surface area contributed by atoms with Gasteiger partial charge < -0.3 is 4.74 Å². The van der Waals surface area contributed by atoms with Gasteiger partial charge in [0.2, 0.25) is 0 Å². The number of nitrogens with one attached hydrogen (secondary N) is 1. The fourth-order valence-corrected chi connectivity index (χ4v) is 5.48. The second-order valence-electron chi connectivity index (χ2n) is 9.75. The molecule has 176 valence electrons. The number of hydrogen-bond acceptors (Lipinski definition) is 4. The molecule has 1 aliphatic heterocycles. The molecule has 33 heavy (non-hydrogen) atoms. The molecule has 6 heteroatoms. The Balaban J connectivity index is 2.29. The second kappa shape index (κ2) is 10.1. The average molecular weight is 487 g/mol. The summed E-state index contributed by atoms with van der Waals surface area (Å²) in [7, 11) is 0. The van der Waals surface area contributed by atoms with Crippen LogP contribution < -0.4 is 5.32 Å². The highest BCUT2D eigenvalue weighted by atomic mass is 35.5. The highest BCUT2D eigenvalue weighted by Gasteiger charge is 2.61. The summed E-state index contributed by atoms with van der Waals surface area (Å²) in [5, 5.41) is 15.6. The Hall–Kier alpha value is -2.06.